The largest absolute Gasteiger partial charge is 0.453 e. The van der Waals surface area contributed by atoms with Crippen molar-refractivity contribution in [3.8, 4) is 0 Å². The zero-order valence-electron chi connectivity index (χ0n) is 11.1. The molecule has 1 aromatic carbocycles. The minimum absolute atomic E-state index is 0.209. The lowest BCUT2D eigenvalue weighted by molar-refractivity contribution is -0.146. The lowest BCUT2D eigenvalue weighted by atomic mass is 10.3. The maximum absolute atomic E-state index is 12.5. The van der Waals surface area contributed by atoms with E-state index in [0.717, 1.165) is 16.2 Å². The fourth-order valence-corrected chi connectivity index (χ4v) is 2.85. The highest BCUT2D eigenvalue weighted by Gasteiger charge is 2.38. The molecular weight excluding hydrogens is 423 g/mol. The summed E-state index contributed by atoms with van der Waals surface area (Å²) in [6.07, 6.45) is -4.71. The van der Waals surface area contributed by atoms with E-state index in [-0.39, 0.29) is 10.9 Å². The minimum atomic E-state index is -4.71. The second kappa shape index (κ2) is 6.97. The molecule has 0 saturated carbocycles. The topological polar surface area (TPSA) is 85.8 Å². The van der Waals surface area contributed by atoms with Crippen LogP contribution in [0.2, 0.25) is 5.02 Å². The number of nitrogens with two attached hydrogens (primary N) is 1. The van der Waals surface area contributed by atoms with Crippen LogP contribution < -0.4 is 11.2 Å². The summed E-state index contributed by atoms with van der Waals surface area (Å²) >= 11 is 9.89. The van der Waals surface area contributed by atoms with Gasteiger partial charge in [0, 0.05) is 4.47 Å². The number of alkyl halides is 3. The average molecular weight is 431 g/mol. The van der Waals surface area contributed by atoms with Crippen LogP contribution in [0.5, 0.6) is 0 Å². The Balaban J connectivity index is 1.98. The Morgan fingerprint density at radius 1 is 1.43 bits per heavy atom. The van der Waals surface area contributed by atoms with Gasteiger partial charge in [0.25, 0.3) is 5.82 Å². The number of nitrogen functional groups attached to an aromatic ring is 1. The van der Waals surface area contributed by atoms with Gasteiger partial charge in [-0.25, -0.2) is 4.68 Å². The number of aromatic nitrogens is 3. The van der Waals surface area contributed by atoms with E-state index in [1.165, 1.54) is 0 Å². The summed E-state index contributed by atoms with van der Waals surface area (Å²) < 4.78 is 38.6. The number of nitrogens with zero attached hydrogens (tertiary/aromatic N) is 3. The van der Waals surface area contributed by atoms with Gasteiger partial charge in [0.05, 0.1) is 16.5 Å². The van der Waals surface area contributed by atoms with E-state index in [4.69, 9.17) is 17.4 Å². The second-order valence-electron chi connectivity index (χ2n) is 4.13. The molecule has 0 aliphatic carbocycles. The molecule has 3 N–H and O–H groups in total. The zero-order chi connectivity index (χ0) is 17.2. The summed E-state index contributed by atoms with van der Waals surface area (Å²) in [5.74, 6) is 3.24. The molecule has 1 aromatic heterocycles. The van der Waals surface area contributed by atoms with E-state index in [1.807, 2.05) is 0 Å². The molecule has 0 bridgehead atoms. The molecule has 124 valence electrons. The van der Waals surface area contributed by atoms with Gasteiger partial charge in [-0.2, -0.15) is 13.2 Å². The van der Waals surface area contributed by atoms with Crippen LogP contribution in [0.15, 0.2) is 27.8 Å². The molecule has 6 nitrogen and oxygen atoms in total. The lowest BCUT2D eigenvalue weighted by Gasteiger charge is -2.08. The van der Waals surface area contributed by atoms with Gasteiger partial charge in [-0.15, -0.1) is 10.2 Å². The van der Waals surface area contributed by atoms with Crippen molar-refractivity contribution in [2.24, 2.45) is 0 Å². The van der Waals surface area contributed by atoms with Crippen molar-refractivity contribution in [1.29, 1.82) is 0 Å². The molecule has 0 saturated heterocycles. The number of nitrogens with one attached hydrogen (secondary N) is 1. The molecule has 2 rings (SSSR count). The normalized spacial score (nSPS) is 11.5. The van der Waals surface area contributed by atoms with Crippen molar-refractivity contribution >= 4 is 50.9 Å². The summed E-state index contributed by atoms with van der Waals surface area (Å²) in [6.45, 7) is 0. The number of carbonyl (C=O) groups is 1. The molecule has 23 heavy (non-hydrogen) atoms. The average Bonchev–Trinajstić information content (AvgIpc) is 2.81. The molecule has 1 heterocycles. The van der Waals surface area contributed by atoms with Gasteiger partial charge in [0.1, 0.15) is 0 Å². The highest BCUT2D eigenvalue weighted by molar-refractivity contribution is 9.10. The number of thioether (sulfide) groups is 1. The van der Waals surface area contributed by atoms with Crippen molar-refractivity contribution in [2.45, 2.75) is 11.3 Å². The van der Waals surface area contributed by atoms with Gasteiger partial charge < -0.3 is 11.2 Å². The number of carbonyl (C=O) groups excluding carboxylic acids is 1. The standard InChI is InChI=1S/C11H8BrClF3N5OS/c12-5-1-2-7(6(13)3-5)18-8(22)4-23-10-20-19-9(21(10)17)11(14,15)16/h1-3H,4,17H2,(H,18,22). The van der Waals surface area contributed by atoms with Gasteiger partial charge in [0.2, 0.25) is 11.1 Å². The number of hydrogen-bond acceptors (Lipinski definition) is 5. The van der Waals surface area contributed by atoms with Crippen LogP contribution in [-0.4, -0.2) is 26.5 Å². The van der Waals surface area contributed by atoms with Crippen LogP contribution in [0.1, 0.15) is 5.82 Å². The second-order valence-corrected chi connectivity index (χ2v) is 6.40. The molecule has 2 aromatic rings. The van der Waals surface area contributed by atoms with Crippen LogP contribution >= 0.6 is 39.3 Å². The number of hydrogen-bond donors (Lipinski definition) is 2. The van der Waals surface area contributed by atoms with Crippen LogP contribution in [0.25, 0.3) is 0 Å². The molecule has 1 amide bonds. The van der Waals surface area contributed by atoms with Crippen molar-refractivity contribution in [3.63, 3.8) is 0 Å². The van der Waals surface area contributed by atoms with Gasteiger partial charge in [0.15, 0.2) is 0 Å². The first-order chi connectivity index (χ1) is 10.7. The zero-order valence-corrected chi connectivity index (χ0v) is 14.2. The van der Waals surface area contributed by atoms with Crippen LogP contribution in [0.4, 0.5) is 18.9 Å². The van der Waals surface area contributed by atoms with Gasteiger partial charge in [-0.05, 0) is 18.2 Å². The first kappa shape index (κ1) is 17.9. The molecule has 12 heteroatoms. The van der Waals surface area contributed by atoms with Crippen molar-refractivity contribution in [1.82, 2.24) is 14.9 Å². The summed E-state index contributed by atoms with van der Waals surface area (Å²) in [5.41, 5.74) is 0.380. The highest BCUT2D eigenvalue weighted by atomic mass is 79.9. The molecule has 0 unspecified atom stereocenters. The van der Waals surface area contributed by atoms with Gasteiger partial charge in [-0.1, -0.05) is 39.3 Å². The van der Waals surface area contributed by atoms with E-state index in [2.05, 4.69) is 31.4 Å². The first-order valence-corrected chi connectivity index (χ1v) is 7.99. The van der Waals surface area contributed by atoms with Gasteiger partial charge in [-0.3, -0.25) is 4.79 Å². The Kier molecular flexibility index (Phi) is 5.42. The number of halogens is 5. The lowest BCUT2D eigenvalue weighted by Crippen LogP contribution is -2.22. The maximum Gasteiger partial charge on any atom is 0.453 e. The number of anilines is 1. The van der Waals surface area contributed by atoms with E-state index in [0.29, 0.717) is 15.4 Å². The van der Waals surface area contributed by atoms with E-state index < -0.39 is 17.9 Å². The maximum atomic E-state index is 12.5. The molecule has 0 spiro atoms. The Bertz CT molecular complexity index is 739. The van der Waals surface area contributed by atoms with Gasteiger partial charge >= 0.3 is 6.18 Å². The minimum Gasteiger partial charge on any atom is -0.335 e. The predicted molar refractivity (Wildman–Crippen MR) is 83.7 cm³/mol. The van der Waals surface area contributed by atoms with Crippen LogP contribution in [-0.2, 0) is 11.0 Å². The summed E-state index contributed by atoms with van der Waals surface area (Å²) in [5, 5.41) is 8.89. The van der Waals surface area contributed by atoms with E-state index in [1.54, 1.807) is 18.2 Å². The SMILES string of the molecule is Nn1c(SCC(=O)Nc2ccc(Br)cc2Cl)nnc1C(F)(F)F. The molecule has 0 fully saturated rings. The Hall–Kier alpha value is -1.46. The quantitative estimate of drug-likeness (QED) is 0.575. The fourth-order valence-electron chi connectivity index (χ4n) is 1.48. The fraction of sp³-hybridized carbons (Fsp3) is 0.182. The Labute approximate surface area is 145 Å². The Morgan fingerprint density at radius 3 is 2.70 bits per heavy atom. The number of benzene rings is 1. The highest BCUT2D eigenvalue weighted by Crippen LogP contribution is 2.29. The third-order valence-electron chi connectivity index (χ3n) is 2.46. The summed E-state index contributed by atoms with van der Waals surface area (Å²) in [4.78, 5) is 11.8. The number of amides is 1. The van der Waals surface area contributed by atoms with Crippen molar-refractivity contribution in [3.05, 3.63) is 33.5 Å². The third-order valence-corrected chi connectivity index (χ3v) is 4.20. The first-order valence-electron chi connectivity index (χ1n) is 5.84. The summed E-state index contributed by atoms with van der Waals surface area (Å²) in [7, 11) is 0. The molecular formula is C11H8BrClF3N5OS. The van der Waals surface area contributed by atoms with Crippen LogP contribution in [0.3, 0.4) is 0 Å². The Morgan fingerprint density at radius 2 is 2.13 bits per heavy atom. The molecule has 0 aliphatic heterocycles. The van der Waals surface area contributed by atoms with E-state index >= 15 is 0 Å². The smallest absolute Gasteiger partial charge is 0.335 e. The van der Waals surface area contributed by atoms with Crippen molar-refractivity contribution in [2.75, 3.05) is 16.9 Å². The summed E-state index contributed by atoms with van der Waals surface area (Å²) in [6, 6.07) is 4.86. The third kappa shape index (κ3) is 4.52. The molecule has 0 atom stereocenters. The number of rotatable bonds is 4. The monoisotopic (exact) mass is 429 g/mol. The van der Waals surface area contributed by atoms with Crippen LogP contribution in [0, 0.1) is 0 Å². The molecule has 0 radical (unpaired) electrons. The predicted octanol–water partition coefficient (Wildman–Crippen LogP) is 3.16. The molecule has 0 aliphatic rings. The van der Waals surface area contributed by atoms with E-state index in [9.17, 15) is 18.0 Å². The van der Waals surface area contributed by atoms with Crippen molar-refractivity contribution < 1.29 is 18.0 Å².